The standard InChI is InChI=1S/C16H22N2O2S/c1-4-9-17-16(11-21(3,19)20)14-7-8-15-13(10-14)6-5-12(2)18-15/h5-8,10,16-17H,4,9,11H2,1-3H3. The number of nitrogens with one attached hydrogen (secondary N) is 1. The third-order valence-corrected chi connectivity index (χ3v) is 4.30. The van der Waals surface area contributed by atoms with Gasteiger partial charge in [0.05, 0.1) is 11.3 Å². The number of benzene rings is 1. The van der Waals surface area contributed by atoms with E-state index in [4.69, 9.17) is 0 Å². The smallest absolute Gasteiger partial charge is 0.149 e. The van der Waals surface area contributed by atoms with Crippen LogP contribution in [0.5, 0.6) is 0 Å². The van der Waals surface area contributed by atoms with Crippen molar-refractivity contribution in [1.29, 1.82) is 0 Å². The van der Waals surface area contributed by atoms with Crippen LogP contribution >= 0.6 is 0 Å². The Kier molecular flexibility index (Phi) is 4.96. The molecule has 5 heteroatoms. The third kappa shape index (κ3) is 4.51. The van der Waals surface area contributed by atoms with Crippen LogP contribution in [0.2, 0.25) is 0 Å². The van der Waals surface area contributed by atoms with Crippen LogP contribution in [0.15, 0.2) is 30.3 Å². The number of aryl methyl sites for hydroxylation is 1. The van der Waals surface area contributed by atoms with Gasteiger partial charge in [-0.05, 0) is 43.7 Å². The summed E-state index contributed by atoms with van der Waals surface area (Å²) in [6, 6.07) is 9.77. The number of rotatable bonds is 6. The van der Waals surface area contributed by atoms with Crippen LogP contribution in [0.4, 0.5) is 0 Å². The second-order valence-corrected chi connectivity index (χ2v) is 7.69. The van der Waals surface area contributed by atoms with E-state index in [2.05, 4.69) is 17.2 Å². The van der Waals surface area contributed by atoms with Gasteiger partial charge in [-0.15, -0.1) is 0 Å². The van der Waals surface area contributed by atoms with Crippen molar-refractivity contribution in [1.82, 2.24) is 10.3 Å². The van der Waals surface area contributed by atoms with Gasteiger partial charge in [0.25, 0.3) is 0 Å². The van der Waals surface area contributed by atoms with E-state index in [1.54, 1.807) is 0 Å². The predicted molar refractivity (Wildman–Crippen MR) is 87.2 cm³/mol. The van der Waals surface area contributed by atoms with Gasteiger partial charge in [-0.3, -0.25) is 4.98 Å². The fourth-order valence-corrected chi connectivity index (χ4v) is 3.27. The first kappa shape index (κ1) is 15.9. The Morgan fingerprint density at radius 1 is 1.24 bits per heavy atom. The maximum atomic E-state index is 11.6. The van der Waals surface area contributed by atoms with Gasteiger partial charge >= 0.3 is 0 Å². The molecule has 2 rings (SSSR count). The van der Waals surface area contributed by atoms with Gasteiger partial charge in [-0.2, -0.15) is 0 Å². The second-order valence-electron chi connectivity index (χ2n) is 5.50. The maximum absolute atomic E-state index is 11.6. The minimum atomic E-state index is -3.04. The first-order valence-corrected chi connectivity index (χ1v) is 9.23. The molecule has 0 saturated heterocycles. The summed E-state index contributed by atoms with van der Waals surface area (Å²) in [5, 5.41) is 4.36. The van der Waals surface area contributed by atoms with Crippen LogP contribution in [-0.2, 0) is 9.84 Å². The largest absolute Gasteiger partial charge is 0.309 e. The Morgan fingerprint density at radius 2 is 2.00 bits per heavy atom. The van der Waals surface area contributed by atoms with Gasteiger partial charge < -0.3 is 5.32 Å². The van der Waals surface area contributed by atoms with Crippen molar-refractivity contribution < 1.29 is 8.42 Å². The van der Waals surface area contributed by atoms with Crippen LogP contribution in [0.3, 0.4) is 0 Å². The lowest BCUT2D eigenvalue weighted by molar-refractivity contribution is 0.549. The Hall–Kier alpha value is -1.46. The highest BCUT2D eigenvalue weighted by molar-refractivity contribution is 7.90. The Balaban J connectivity index is 2.36. The zero-order valence-corrected chi connectivity index (χ0v) is 13.6. The van der Waals surface area contributed by atoms with E-state index in [1.165, 1.54) is 6.26 Å². The molecule has 0 saturated carbocycles. The molecule has 1 aromatic carbocycles. The molecule has 1 aromatic heterocycles. The topological polar surface area (TPSA) is 59.1 Å². The summed E-state index contributed by atoms with van der Waals surface area (Å²) in [6.07, 6.45) is 2.24. The molecule has 4 nitrogen and oxygen atoms in total. The number of fused-ring (bicyclic) bond motifs is 1. The summed E-state index contributed by atoms with van der Waals surface area (Å²) in [5.74, 6) is 0.109. The molecule has 1 unspecified atom stereocenters. The van der Waals surface area contributed by atoms with Gasteiger partial charge in [0.15, 0.2) is 0 Å². The van der Waals surface area contributed by atoms with E-state index in [0.717, 1.165) is 35.1 Å². The van der Waals surface area contributed by atoms with Gasteiger partial charge in [0.2, 0.25) is 0 Å². The summed E-state index contributed by atoms with van der Waals surface area (Å²) >= 11 is 0. The number of sulfone groups is 1. The molecular weight excluding hydrogens is 284 g/mol. The van der Waals surface area contributed by atoms with E-state index < -0.39 is 9.84 Å². The van der Waals surface area contributed by atoms with Crippen LogP contribution in [0.1, 0.15) is 30.6 Å². The molecule has 1 N–H and O–H groups in total. The summed E-state index contributed by atoms with van der Waals surface area (Å²) in [5.41, 5.74) is 2.91. The lowest BCUT2D eigenvalue weighted by atomic mass is 10.0. The quantitative estimate of drug-likeness (QED) is 0.891. The average Bonchev–Trinajstić information content (AvgIpc) is 2.41. The van der Waals surface area contributed by atoms with E-state index >= 15 is 0 Å². The van der Waals surface area contributed by atoms with Gasteiger partial charge in [-0.25, -0.2) is 8.42 Å². The molecule has 0 radical (unpaired) electrons. The number of aromatic nitrogens is 1. The summed E-state index contributed by atoms with van der Waals surface area (Å²) < 4.78 is 23.3. The minimum absolute atomic E-state index is 0.109. The highest BCUT2D eigenvalue weighted by Gasteiger charge is 2.17. The molecule has 0 aliphatic carbocycles. The maximum Gasteiger partial charge on any atom is 0.149 e. The monoisotopic (exact) mass is 306 g/mol. The van der Waals surface area contributed by atoms with E-state index in [0.29, 0.717) is 0 Å². The predicted octanol–water partition coefficient (Wildman–Crippen LogP) is 2.63. The molecule has 0 bridgehead atoms. The highest BCUT2D eigenvalue weighted by atomic mass is 32.2. The normalized spacial score (nSPS) is 13.5. The van der Waals surface area contributed by atoms with Gasteiger partial charge in [0, 0.05) is 23.4 Å². The number of hydrogen-bond donors (Lipinski definition) is 1. The van der Waals surface area contributed by atoms with Crippen molar-refractivity contribution in [3.63, 3.8) is 0 Å². The molecule has 0 amide bonds. The van der Waals surface area contributed by atoms with Crippen molar-refractivity contribution in [2.45, 2.75) is 26.3 Å². The fourth-order valence-electron chi connectivity index (χ4n) is 2.36. The zero-order chi connectivity index (χ0) is 15.5. The molecule has 2 aromatic rings. The fraction of sp³-hybridized carbons (Fsp3) is 0.438. The molecule has 0 aliphatic heterocycles. The summed E-state index contributed by atoms with van der Waals surface area (Å²) in [6.45, 7) is 4.82. The van der Waals surface area contributed by atoms with Crippen molar-refractivity contribution in [3.8, 4) is 0 Å². The minimum Gasteiger partial charge on any atom is -0.309 e. The third-order valence-electron chi connectivity index (χ3n) is 3.37. The van der Waals surface area contributed by atoms with E-state index in [1.807, 2.05) is 37.3 Å². The molecule has 0 fully saturated rings. The highest BCUT2D eigenvalue weighted by Crippen LogP contribution is 2.21. The Morgan fingerprint density at radius 3 is 2.67 bits per heavy atom. The average molecular weight is 306 g/mol. The number of pyridine rings is 1. The summed E-state index contributed by atoms with van der Waals surface area (Å²) in [4.78, 5) is 4.47. The molecular formula is C16H22N2O2S. The molecule has 114 valence electrons. The van der Waals surface area contributed by atoms with Crippen LogP contribution in [0, 0.1) is 6.92 Å². The van der Waals surface area contributed by atoms with Crippen molar-refractivity contribution >= 4 is 20.7 Å². The second kappa shape index (κ2) is 6.54. The Bertz CT molecular complexity index is 726. The van der Waals surface area contributed by atoms with Crippen LogP contribution < -0.4 is 5.32 Å². The first-order chi connectivity index (χ1) is 9.89. The first-order valence-electron chi connectivity index (χ1n) is 7.17. The van der Waals surface area contributed by atoms with Crippen molar-refractivity contribution in [3.05, 3.63) is 41.6 Å². The number of hydrogen-bond acceptors (Lipinski definition) is 4. The molecule has 0 aliphatic rings. The van der Waals surface area contributed by atoms with Gasteiger partial charge in [0.1, 0.15) is 9.84 Å². The van der Waals surface area contributed by atoms with Crippen LogP contribution in [0.25, 0.3) is 10.9 Å². The Labute approximate surface area is 126 Å². The number of nitrogens with zero attached hydrogens (tertiary/aromatic N) is 1. The zero-order valence-electron chi connectivity index (χ0n) is 12.8. The lowest BCUT2D eigenvalue weighted by Gasteiger charge is -2.18. The molecule has 0 spiro atoms. The van der Waals surface area contributed by atoms with Gasteiger partial charge in [-0.1, -0.05) is 19.1 Å². The molecule has 1 heterocycles. The van der Waals surface area contributed by atoms with E-state index in [-0.39, 0.29) is 11.8 Å². The van der Waals surface area contributed by atoms with Crippen molar-refractivity contribution in [2.24, 2.45) is 0 Å². The molecule has 1 atom stereocenters. The van der Waals surface area contributed by atoms with Crippen molar-refractivity contribution in [2.75, 3.05) is 18.6 Å². The van der Waals surface area contributed by atoms with E-state index in [9.17, 15) is 8.42 Å². The lowest BCUT2D eigenvalue weighted by Crippen LogP contribution is -2.28. The SMILES string of the molecule is CCCNC(CS(C)(=O)=O)c1ccc2nc(C)ccc2c1. The van der Waals surface area contributed by atoms with Crippen LogP contribution in [-0.4, -0.2) is 32.0 Å². The molecule has 21 heavy (non-hydrogen) atoms. The summed E-state index contributed by atoms with van der Waals surface area (Å²) in [7, 11) is -3.04.